The third kappa shape index (κ3) is 359. The Morgan fingerprint density at radius 1 is 1.00 bits per heavy atom. The highest BCUT2D eigenvalue weighted by Gasteiger charge is 1.75. The Balaban J connectivity index is -0.0000000383. The summed E-state index contributed by atoms with van der Waals surface area (Å²) in [5.74, 6) is -0.0787. The summed E-state index contributed by atoms with van der Waals surface area (Å²) in [6.45, 7) is 4.42. The van der Waals surface area contributed by atoms with E-state index in [0.29, 0.717) is 0 Å². The van der Waals surface area contributed by atoms with Gasteiger partial charge in [-0.3, -0.25) is 4.79 Å². The van der Waals surface area contributed by atoms with Crippen LogP contribution >= 0.6 is 0 Å². The van der Waals surface area contributed by atoms with Gasteiger partial charge in [-0.15, -0.1) is 0 Å². The Morgan fingerprint density at radius 3 is 1.09 bits per heavy atom. The lowest BCUT2D eigenvalue weighted by Crippen LogP contribution is -1.88. The fourth-order valence-corrected chi connectivity index (χ4v) is 0. The van der Waals surface area contributed by atoms with Crippen LogP contribution in [-0.4, -0.2) is 18.9 Å². The maximum Gasteiger partial charge on any atom is 0.302 e. The molecule has 0 fully saturated rings. The van der Waals surface area contributed by atoms with Crippen LogP contribution in [0.5, 0.6) is 0 Å². The molecule has 0 N–H and O–H groups in total. The van der Waals surface area contributed by atoms with Crippen molar-refractivity contribution in [3.05, 3.63) is 0 Å². The minimum absolute atomic E-state index is 0. The molecule has 0 rings (SSSR count). The molecular formula is C8H20O3. The van der Waals surface area contributed by atoms with Crippen LogP contribution < -0.4 is 0 Å². The number of rotatable bonds is 0. The molecule has 3 heteroatoms. The summed E-state index contributed by atoms with van der Waals surface area (Å²) in [6, 6.07) is 0. The number of hydrogen-bond acceptors (Lipinski definition) is 3. The van der Waals surface area contributed by atoms with Gasteiger partial charge in [-0.2, -0.15) is 0 Å². The minimum atomic E-state index is -0.245. The normalized spacial score (nSPS) is 5.45. The maximum absolute atomic E-state index is 9.59. The van der Waals surface area contributed by atoms with Gasteiger partial charge in [0.2, 0.25) is 0 Å². The number of ether oxygens (including phenoxy) is 1. The molecule has 0 heterocycles. The molecule has 70 valence electrons. The third-order valence-corrected chi connectivity index (χ3v) is 0.287. The molecule has 0 atom stereocenters. The van der Waals surface area contributed by atoms with Gasteiger partial charge in [-0.1, -0.05) is 14.9 Å². The number of Topliss-reactive ketones (excluding diaryl/α,β-unsaturated/α-hetero) is 1. The lowest BCUT2D eigenvalue weighted by molar-refractivity contribution is -0.137. The molecule has 0 unspecified atom stereocenters. The first kappa shape index (κ1) is 22.5. The molecule has 3 nitrogen and oxygen atoms in total. The number of methoxy groups -OCH3 is 1. The second kappa shape index (κ2) is 16.1. The summed E-state index contributed by atoms with van der Waals surface area (Å²) in [4.78, 5) is 19.0. The van der Waals surface area contributed by atoms with Gasteiger partial charge in [0.15, 0.2) is 0 Å². The summed E-state index contributed by atoms with van der Waals surface area (Å²) in [7, 11) is 1.35. The van der Waals surface area contributed by atoms with E-state index in [1.54, 1.807) is 0 Å². The Kier molecular flexibility index (Phi) is 32.8. The number of carbonyl (C=O) groups excluding carboxylic acids is 2. The van der Waals surface area contributed by atoms with Gasteiger partial charge in [-0.05, 0) is 13.8 Å². The van der Waals surface area contributed by atoms with Crippen LogP contribution in [0.4, 0.5) is 0 Å². The fraction of sp³-hybridized carbons (Fsp3) is 0.750. The van der Waals surface area contributed by atoms with Crippen molar-refractivity contribution in [3.8, 4) is 0 Å². The predicted octanol–water partition coefficient (Wildman–Crippen LogP) is 2.05. The van der Waals surface area contributed by atoms with Crippen LogP contribution in [0.3, 0.4) is 0 Å². The summed E-state index contributed by atoms with van der Waals surface area (Å²) in [5.41, 5.74) is 0. The summed E-state index contributed by atoms with van der Waals surface area (Å²) >= 11 is 0. The van der Waals surface area contributed by atoms with Crippen LogP contribution in [0.2, 0.25) is 0 Å². The van der Waals surface area contributed by atoms with E-state index in [-0.39, 0.29) is 26.6 Å². The van der Waals surface area contributed by atoms with Crippen molar-refractivity contribution >= 4 is 11.8 Å². The van der Waals surface area contributed by atoms with Crippen molar-refractivity contribution in [1.82, 2.24) is 0 Å². The molecule has 0 aromatic carbocycles. The molecule has 0 bridgehead atoms. The summed E-state index contributed by atoms with van der Waals surface area (Å²) in [5, 5.41) is 0. The van der Waals surface area contributed by atoms with E-state index in [2.05, 4.69) is 4.74 Å². The summed E-state index contributed by atoms with van der Waals surface area (Å²) in [6.07, 6.45) is 0. The van der Waals surface area contributed by atoms with Crippen molar-refractivity contribution in [2.24, 2.45) is 0 Å². The topological polar surface area (TPSA) is 43.4 Å². The smallest absolute Gasteiger partial charge is 0.302 e. The van der Waals surface area contributed by atoms with E-state index in [9.17, 15) is 9.59 Å². The van der Waals surface area contributed by atoms with E-state index in [1.165, 1.54) is 27.9 Å². The third-order valence-electron chi connectivity index (χ3n) is 0.287. The van der Waals surface area contributed by atoms with E-state index in [1.807, 2.05) is 0 Å². The number of ketones is 1. The Morgan fingerprint density at radius 2 is 1.09 bits per heavy atom. The zero-order valence-electron chi connectivity index (χ0n) is 6.22. The van der Waals surface area contributed by atoms with Gasteiger partial charge < -0.3 is 9.53 Å². The van der Waals surface area contributed by atoms with Gasteiger partial charge in [0, 0.05) is 6.92 Å². The van der Waals surface area contributed by atoms with Crippen molar-refractivity contribution in [1.29, 1.82) is 0 Å². The molecule has 0 radical (unpaired) electrons. The standard InChI is InChI=1S/C3H6O2.C3H6O.2CH4/c1-3(4)5-2;1-3(2)4;;/h1-2H3;1-2H3;2*1H4. The second-order valence-corrected chi connectivity index (χ2v) is 1.60. The van der Waals surface area contributed by atoms with Gasteiger partial charge in [-0.25, -0.2) is 0 Å². The first-order valence-corrected chi connectivity index (χ1v) is 2.52. The highest BCUT2D eigenvalue weighted by atomic mass is 16.5. The molecule has 0 saturated heterocycles. The highest BCUT2D eigenvalue weighted by Crippen LogP contribution is 1.60. The number of esters is 1. The van der Waals surface area contributed by atoms with Crippen LogP contribution in [0.1, 0.15) is 35.6 Å². The van der Waals surface area contributed by atoms with Crippen molar-refractivity contribution in [2.45, 2.75) is 35.6 Å². The molecule has 0 aliphatic carbocycles. The van der Waals surface area contributed by atoms with E-state index in [0.717, 1.165) is 0 Å². The van der Waals surface area contributed by atoms with E-state index in [4.69, 9.17) is 0 Å². The zero-order valence-corrected chi connectivity index (χ0v) is 6.22. The largest absolute Gasteiger partial charge is 0.469 e. The number of carbonyl (C=O) groups is 2. The highest BCUT2D eigenvalue weighted by molar-refractivity contribution is 5.72. The van der Waals surface area contributed by atoms with Crippen molar-refractivity contribution < 1.29 is 14.3 Å². The lowest BCUT2D eigenvalue weighted by Gasteiger charge is -1.80. The van der Waals surface area contributed by atoms with Crippen LogP contribution in [-0.2, 0) is 14.3 Å². The number of hydrogen-bond donors (Lipinski definition) is 0. The summed E-state index contributed by atoms with van der Waals surface area (Å²) < 4.78 is 4.11. The van der Waals surface area contributed by atoms with Crippen molar-refractivity contribution in [2.75, 3.05) is 7.11 Å². The molecule has 0 spiro atoms. The Hall–Kier alpha value is -0.860. The van der Waals surface area contributed by atoms with Gasteiger partial charge in [0.05, 0.1) is 7.11 Å². The van der Waals surface area contributed by atoms with Crippen LogP contribution in [0.15, 0.2) is 0 Å². The van der Waals surface area contributed by atoms with Gasteiger partial charge >= 0.3 is 5.97 Å². The first-order chi connectivity index (χ1) is 4.00. The molecule has 0 amide bonds. The van der Waals surface area contributed by atoms with E-state index < -0.39 is 0 Å². The maximum atomic E-state index is 9.59. The lowest BCUT2D eigenvalue weighted by atomic mass is 10.6. The monoisotopic (exact) mass is 164 g/mol. The second-order valence-electron chi connectivity index (χ2n) is 1.60. The van der Waals surface area contributed by atoms with Crippen molar-refractivity contribution in [3.63, 3.8) is 0 Å². The molecule has 11 heavy (non-hydrogen) atoms. The average Bonchev–Trinajstić information content (AvgIpc) is 1.65. The molecule has 0 saturated carbocycles. The average molecular weight is 164 g/mol. The zero-order chi connectivity index (χ0) is 7.86. The molecule has 0 aromatic heterocycles. The molecular weight excluding hydrogens is 144 g/mol. The Labute approximate surface area is 69.7 Å². The quantitative estimate of drug-likeness (QED) is 0.514. The Bertz CT molecular complexity index is 93.5. The van der Waals surface area contributed by atoms with E-state index >= 15 is 0 Å². The molecule has 0 aromatic rings. The van der Waals surface area contributed by atoms with Crippen LogP contribution in [0.25, 0.3) is 0 Å². The van der Waals surface area contributed by atoms with Gasteiger partial charge in [0.1, 0.15) is 5.78 Å². The molecule has 0 aliphatic heterocycles. The molecule has 0 aliphatic rings. The SMILES string of the molecule is C.C.CC(C)=O.COC(C)=O. The van der Waals surface area contributed by atoms with Crippen LogP contribution in [0, 0.1) is 0 Å². The predicted molar refractivity (Wildman–Crippen MR) is 47.5 cm³/mol. The minimum Gasteiger partial charge on any atom is -0.469 e. The fourth-order valence-electron chi connectivity index (χ4n) is 0. The first-order valence-electron chi connectivity index (χ1n) is 2.52. The van der Waals surface area contributed by atoms with Gasteiger partial charge in [0.25, 0.3) is 0 Å².